The summed E-state index contributed by atoms with van der Waals surface area (Å²) in [4.78, 5) is 36.0. The van der Waals surface area contributed by atoms with E-state index in [4.69, 9.17) is 11.6 Å². The number of carboxylic acids is 1. The summed E-state index contributed by atoms with van der Waals surface area (Å²) in [6, 6.07) is 6.33. The van der Waals surface area contributed by atoms with Gasteiger partial charge < -0.3 is 15.7 Å². The van der Waals surface area contributed by atoms with E-state index in [1.54, 1.807) is 24.3 Å². The first-order valence-corrected chi connectivity index (χ1v) is 9.27. The van der Waals surface area contributed by atoms with Gasteiger partial charge in [-0.25, -0.2) is 4.79 Å². The van der Waals surface area contributed by atoms with E-state index in [9.17, 15) is 19.5 Å². The molecule has 1 aliphatic rings. The molecule has 0 aliphatic heterocycles. The van der Waals surface area contributed by atoms with E-state index in [-0.39, 0.29) is 18.2 Å². The molecule has 1 aromatic carbocycles. The fourth-order valence-corrected chi connectivity index (χ4v) is 3.55. The van der Waals surface area contributed by atoms with Crippen molar-refractivity contribution in [2.24, 2.45) is 0 Å². The molecule has 26 heavy (non-hydrogen) atoms. The lowest BCUT2D eigenvalue weighted by molar-refractivity contribution is -0.148. The fraction of sp³-hybridized carbons (Fsp3) is 0.526. The van der Waals surface area contributed by atoms with Gasteiger partial charge in [0.1, 0.15) is 5.54 Å². The van der Waals surface area contributed by atoms with Gasteiger partial charge in [-0.3, -0.25) is 9.59 Å². The zero-order valence-electron chi connectivity index (χ0n) is 14.9. The van der Waals surface area contributed by atoms with Crippen molar-refractivity contribution in [2.75, 3.05) is 0 Å². The average molecular weight is 381 g/mol. The van der Waals surface area contributed by atoms with Gasteiger partial charge in [-0.2, -0.15) is 0 Å². The summed E-state index contributed by atoms with van der Waals surface area (Å²) in [6.45, 7) is 1.38. The molecule has 1 atom stereocenters. The van der Waals surface area contributed by atoms with E-state index in [2.05, 4.69) is 10.6 Å². The minimum Gasteiger partial charge on any atom is -0.480 e. The van der Waals surface area contributed by atoms with Gasteiger partial charge in [-0.15, -0.1) is 0 Å². The summed E-state index contributed by atoms with van der Waals surface area (Å²) in [5.41, 5.74) is -0.473. The first kappa shape index (κ1) is 20.2. The summed E-state index contributed by atoms with van der Waals surface area (Å²) < 4.78 is 0. The Bertz CT molecular complexity index is 652. The summed E-state index contributed by atoms with van der Waals surface area (Å²) in [5, 5.41) is 15.7. The van der Waals surface area contributed by atoms with Crippen molar-refractivity contribution in [2.45, 2.75) is 63.5 Å². The second kappa shape index (κ2) is 9.03. The van der Waals surface area contributed by atoms with Gasteiger partial charge in [0.2, 0.25) is 11.8 Å². The Balaban J connectivity index is 2.13. The van der Waals surface area contributed by atoms with Crippen LogP contribution in [0, 0.1) is 0 Å². The van der Waals surface area contributed by atoms with Crippen molar-refractivity contribution >= 4 is 29.4 Å². The quantitative estimate of drug-likeness (QED) is 0.660. The highest BCUT2D eigenvalue weighted by molar-refractivity contribution is 6.30. The number of benzene rings is 1. The van der Waals surface area contributed by atoms with Crippen molar-refractivity contribution in [3.8, 4) is 0 Å². The van der Waals surface area contributed by atoms with E-state index >= 15 is 0 Å². The van der Waals surface area contributed by atoms with Crippen LogP contribution < -0.4 is 10.6 Å². The molecule has 1 aromatic rings. The van der Waals surface area contributed by atoms with Crippen LogP contribution in [0.25, 0.3) is 0 Å². The number of halogens is 1. The Labute approximate surface area is 158 Å². The maximum atomic E-state index is 12.6. The molecule has 142 valence electrons. The first-order chi connectivity index (χ1) is 12.3. The summed E-state index contributed by atoms with van der Waals surface area (Å²) in [5.74, 6) is -1.64. The number of amides is 2. The monoisotopic (exact) mass is 380 g/mol. The number of aliphatic carboxylic acids is 1. The van der Waals surface area contributed by atoms with Crippen LogP contribution in [0.15, 0.2) is 24.3 Å². The predicted molar refractivity (Wildman–Crippen MR) is 98.8 cm³/mol. The van der Waals surface area contributed by atoms with Crippen LogP contribution >= 0.6 is 11.6 Å². The van der Waals surface area contributed by atoms with Crippen molar-refractivity contribution in [3.05, 3.63) is 34.9 Å². The van der Waals surface area contributed by atoms with Crippen LogP contribution in [0.1, 0.15) is 63.5 Å². The Morgan fingerprint density at radius 3 is 2.19 bits per heavy atom. The molecule has 3 N–H and O–H groups in total. The Morgan fingerprint density at radius 2 is 1.69 bits per heavy atom. The molecule has 1 saturated carbocycles. The molecule has 1 fully saturated rings. The van der Waals surface area contributed by atoms with Gasteiger partial charge in [0.25, 0.3) is 0 Å². The molecule has 1 unspecified atom stereocenters. The maximum Gasteiger partial charge on any atom is 0.329 e. The summed E-state index contributed by atoms with van der Waals surface area (Å²) in [7, 11) is 0. The number of hydrogen-bond donors (Lipinski definition) is 3. The zero-order valence-corrected chi connectivity index (χ0v) is 15.6. The van der Waals surface area contributed by atoms with Gasteiger partial charge >= 0.3 is 5.97 Å². The van der Waals surface area contributed by atoms with E-state index in [0.717, 1.165) is 31.2 Å². The summed E-state index contributed by atoms with van der Waals surface area (Å²) in [6.07, 6.45) is 4.34. The maximum absolute atomic E-state index is 12.6. The Morgan fingerprint density at radius 1 is 1.12 bits per heavy atom. The smallest absolute Gasteiger partial charge is 0.329 e. The van der Waals surface area contributed by atoms with Gasteiger partial charge in [-0.1, -0.05) is 49.4 Å². The van der Waals surface area contributed by atoms with Gasteiger partial charge in [0, 0.05) is 11.9 Å². The molecule has 0 saturated heterocycles. The molecular weight excluding hydrogens is 356 g/mol. The molecule has 1 aliphatic carbocycles. The van der Waals surface area contributed by atoms with Gasteiger partial charge in [0.05, 0.1) is 12.5 Å². The van der Waals surface area contributed by atoms with E-state index in [1.807, 2.05) is 0 Å². The highest BCUT2D eigenvalue weighted by atomic mass is 35.5. The van der Waals surface area contributed by atoms with Crippen LogP contribution in [-0.4, -0.2) is 28.4 Å². The molecule has 0 aromatic heterocycles. The fourth-order valence-electron chi connectivity index (χ4n) is 3.42. The normalized spacial score (nSPS) is 17.6. The molecule has 6 nitrogen and oxygen atoms in total. The third kappa shape index (κ3) is 5.46. The molecule has 7 heteroatoms. The second-order valence-corrected chi connectivity index (χ2v) is 7.29. The van der Waals surface area contributed by atoms with Crippen molar-refractivity contribution in [3.63, 3.8) is 0 Å². The number of carboxylic acid groups (broad SMARTS) is 1. The zero-order chi connectivity index (χ0) is 19.2. The molecule has 2 rings (SSSR count). The van der Waals surface area contributed by atoms with Crippen LogP contribution in [0.4, 0.5) is 0 Å². The van der Waals surface area contributed by atoms with E-state index in [1.165, 1.54) is 6.92 Å². The topological polar surface area (TPSA) is 95.5 Å². The Hall–Kier alpha value is -2.08. The van der Waals surface area contributed by atoms with E-state index < -0.39 is 17.6 Å². The molecule has 0 spiro atoms. The molecule has 0 radical (unpaired) electrons. The van der Waals surface area contributed by atoms with Crippen LogP contribution in [-0.2, 0) is 14.4 Å². The van der Waals surface area contributed by atoms with Crippen LogP contribution in [0.2, 0.25) is 5.02 Å². The van der Waals surface area contributed by atoms with Gasteiger partial charge in [-0.05, 0) is 30.5 Å². The van der Waals surface area contributed by atoms with Crippen molar-refractivity contribution < 1.29 is 19.5 Å². The minimum absolute atomic E-state index is 0.0315. The highest BCUT2D eigenvalue weighted by Gasteiger charge is 2.40. The number of carbonyl (C=O) groups is 3. The molecule has 0 bridgehead atoms. The first-order valence-electron chi connectivity index (χ1n) is 8.89. The molecule has 2 amide bonds. The minimum atomic E-state index is -1.21. The lowest BCUT2D eigenvalue weighted by Crippen LogP contribution is -2.54. The lowest BCUT2D eigenvalue weighted by atomic mass is 9.89. The van der Waals surface area contributed by atoms with Gasteiger partial charge in [0.15, 0.2) is 0 Å². The number of nitrogens with one attached hydrogen (secondary N) is 2. The predicted octanol–water partition coefficient (Wildman–Crippen LogP) is 3.20. The molecular formula is C19H25ClN2O4. The SMILES string of the molecule is CC(=O)NC(CC(=O)NC1(C(=O)O)CCCCCC1)c1ccc(Cl)cc1. The van der Waals surface area contributed by atoms with Crippen LogP contribution in [0.3, 0.4) is 0 Å². The third-order valence-corrected chi connectivity index (χ3v) is 5.04. The number of carbonyl (C=O) groups excluding carboxylic acids is 2. The standard InChI is InChI=1S/C19H25ClN2O4/c1-13(23)21-16(14-6-8-15(20)9-7-14)12-17(24)22-19(18(25)26)10-4-2-3-5-11-19/h6-9,16H,2-5,10-12H2,1H3,(H,21,23)(H,22,24)(H,25,26). The number of hydrogen-bond acceptors (Lipinski definition) is 3. The van der Waals surface area contributed by atoms with E-state index in [0.29, 0.717) is 17.9 Å². The van der Waals surface area contributed by atoms with Crippen molar-refractivity contribution in [1.29, 1.82) is 0 Å². The average Bonchev–Trinajstić information content (AvgIpc) is 2.81. The molecule has 0 heterocycles. The van der Waals surface area contributed by atoms with Crippen molar-refractivity contribution in [1.82, 2.24) is 10.6 Å². The highest BCUT2D eigenvalue weighted by Crippen LogP contribution is 2.28. The largest absolute Gasteiger partial charge is 0.480 e. The summed E-state index contributed by atoms with van der Waals surface area (Å²) >= 11 is 5.89. The number of rotatable bonds is 6. The Kier molecular flexibility index (Phi) is 7.03. The third-order valence-electron chi connectivity index (χ3n) is 4.78. The lowest BCUT2D eigenvalue weighted by Gasteiger charge is -2.30. The second-order valence-electron chi connectivity index (χ2n) is 6.86. The van der Waals surface area contributed by atoms with Crippen LogP contribution in [0.5, 0.6) is 0 Å².